The molecular weight excluding hydrogens is 320 g/mol. The fourth-order valence-corrected chi connectivity index (χ4v) is 2.37. The Hall–Kier alpha value is -1.62. The van der Waals surface area contributed by atoms with Crippen molar-refractivity contribution in [2.24, 2.45) is 0 Å². The average Bonchev–Trinajstić information content (AvgIpc) is 2.45. The second kappa shape index (κ2) is 6.70. The van der Waals surface area contributed by atoms with Crippen molar-refractivity contribution in [2.75, 3.05) is 7.11 Å². The Morgan fingerprint density at radius 1 is 1.30 bits per heavy atom. The summed E-state index contributed by atoms with van der Waals surface area (Å²) in [5.74, 6) is 1.50. The van der Waals surface area contributed by atoms with Crippen LogP contribution in [0.3, 0.4) is 0 Å². The summed E-state index contributed by atoms with van der Waals surface area (Å²) >= 11 is 3.30. The molecule has 0 bridgehead atoms. The molecular formula is C15H17BrN2O2. The predicted octanol–water partition coefficient (Wildman–Crippen LogP) is 3.08. The van der Waals surface area contributed by atoms with Gasteiger partial charge in [0.15, 0.2) is 0 Å². The third kappa shape index (κ3) is 3.48. The summed E-state index contributed by atoms with van der Waals surface area (Å²) in [6.45, 7) is 2.07. The summed E-state index contributed by atoms with van der Waals surface area (Å²) < 4.78 is 5.67. The summed E-state index contributed by atoms with van der Waals surface area (Å²) in [6, 6.07) is 7.75. The molecule has 0 amide bonds. The normalized spacial score (nSPS) is 10.6. The Morgan fingerprint density at radius 2 is 2.00 bits per heavy atom. The molecule has 0 aliphatic heterocycles. The first-order chi connectivity index (χ1) is 9.63. The van der Waals surface area contributed by atoms with E-state index in [1.165, 1.54) is 0 Å². The van der Waals surface area contributed by atoms with Gasteiger partial charge in [0.25, 0.3) is 5.56 Å². The van der Waals surface area contributed by atoms with Crippen molar-refractivity contribution in [3.63, 3.8) is 0 Å². The lowest BCUT2D eigenvalue weighted by Gasteiger charge is -2.07. The van der Waals surface area contributed by atoms with E-state index < -0.39 is 0 Å². The van der Waals surface area contributed by atoms with E-state index in [1.807, 2.05) is 24.3 Å². The minimum atomic E-state index is -0.119. The van der Waals surface area contributed by atoms with E-state index >= 15 is 0 Å². The van der Waals surface area contributed by atoms with E-state index in [0.717, 1.165) is 29.8 Å². The maximum absolute atomic E-state index is 11.9. The van der Waals surface area contributed by atoms with Gasteiger partial charge in [-0.2, -0.15) is 0 Å². The molecule has 0 spiro atoms. The molecule has 4 nitrogen and oxygen atoms in total. The number of methoxy groups -OCH3 is 1. The van der Waals surface area contributed by atoms with Crippen molar-refractivity contribution in [1.82, 2.24) is 9.97 Å². The van der Waals surface area contributed by atoms with Gasteiger partial charge >= 0.3 is 0 Å². The van der Waals surface area contributed by atoms with Crippen molar-refractivity contribution >= 4 is 15.9 Å². The number of ether oxygens (including phenoxy) is 1. The highest BCUT2D eigenvalue weighted by atomic mass is 79.9. The number of halogens is 1. The van der Waals surface area contributed by atoms with E-state index in [1.54, 1.807) is 7.11 Å². The number of aromatic nitrogens is 2. The first-order valence-electron chi connectivity index (χ1n) is 6.54. The van der Waals surface area contributed by atoms with Gasteiger partial charge in [-0.05, 0) is 40.0 Å². The molecule has 1 N–H and O–H groups in total. The summed E-state index contributed by atoms with van der Waals surface area (Å²) in [5.41, 5.74) is 1.78. The van der Waals surface area contributed by atoms with Gasteiger partial charge in [-0.1, -0.05) is 25.5 Å². The zero-order chi connectivity index (χ0) is 14.5. The number of aryl methyl sites for hydroxylation is 1. The molecule has 20 heavy (non-hydrogen) atoms. The van der Waals surface area contributed by atoms with Crippen LogP contribution >= 0.6 is 15.9 Å². The van der Waals surface area contributed by atoms with Crippen molar-refractivity contribution < 1.29 is 4.74 Å². The number of nitrogens with zero attached hydrogens (tertiary/aromatic N) is 1. The van der Waals surface area contributed by atoms with Crippen LogP contribution in [0.4, 0.5) is 0 Å². The molecule has 0 aliphatic rings. The smallest absolute Gasteiger partial charge is 0.265 e. The standard InChI is InChI=1S/C15H17BrN2O2/c1-3-4-12-14(16)15(19)18-13(17-12)9-10-5-7-11(20-2)8-6-10/h5-8H,3-4,9H2,1-2H3,(H,17,18,19). The molecule has 106 valence electrons. The molecule has 0 saturated heterocycles. The number of benzene rings is 1. The fraction of sp³-hybridized carbons (Fsp3) is 0.333. The molecule has 0 saturated carbocycles. The quantitative estimate of drug-likeness (QED) is 0.912. The first kappa shape index (κ1) is 14.8. The van der Waals surface area contributed by atoms with Crippen LogP contribution in [-0.4, -0.2) is 17.1 Å². The van der Waals surface area contributed by atoms with E-state index in [-0.39, 0.29) is 5.56 Å². The number of H-pyrrole nitrogens is 1. The summed E-state index contributed by atoms with van der Waals surface area (Å²) in [4.78, 5) is 19.2. The second-order valence-electron chi connectivity index (χ2n) is 4.55. The monoisotopic (exact) mass is 336 g/mol. The molecule has 0 aliphatic carbocycles. The molecule has 0 atom stereocenters. The Kier molecular flexibility index (Phi) is 4.95. The van der Waals surface area contributed by atoms with Gasteiger partial charge in [0.05, 0.1) is 12.8 Å². The van der Waals surface area contributed by atoms with Gasteiger partial charge in [0.2, 0.25) is 0 Å². The first-order valence-corrected chi connectivity index (χ1v) is 7.33. The van der Waals surface area contributed by atoms with Crippen LogP contribution in [-0.2, 0) is 12.8 Å². The maximum atomic E-state index is 11.9. The molecule has 0 radical (unpaired) electrons. The molecule has 1 heterocycles. The largest absolute Gasteiger partial charge is 0.497 e. The molecule has 1 aromatic heterocycles. The van der Waals surface area contributed by atoms with Crippen LogP contribution in [0.15, 0.2) is 33.5 Å². The van der Waals surface area contributed by atoms with Gasteiger partial charge < -0.3 is 9.72 Å². The highest BCUT2D eigenvalue weighted by molar-refractivity contribution is 9.10. The van der Waals surface area contributed by atoms with Crippen molar-refractivity contribution in [3.05, 3.63) is 56.2 Å². The third-order valence-corrected chi connectivity index (χ3v) is 3.82. The molecule has 2 aromatic rings. The summed E-state index contributed by atoms with van der Waals surface area (Å²) in [7, 11) is 1.64. The van der Waals surface area contributed by atoms with Gasteiger partial charge in [-0.15, -0.1) is 0 Å². The minimum Gasteiger partial charge on any atom is -0.497 e. The molecule has 2 rings (SSSR count). The maximum Gasteiger partial charge on any atom is 0.265 e. The molecule has 0 unspecified atom stereocenters. The fourth-order valence-electron chi connectivity index (χ4n) is 1.98. The summed E-state index contributed by atoms with van der Waals surface area (Å²) in [6.07, 6.45) is 2.35. The van der Waals surface area contributed by atoms with Crippen LogP contribution in [0.1, 0.15) is 30.4 Å². The predicted molar refractivity (Wildman–Crippen MR) is 82.4 cm³/mol. The minimum absolute atomic E-state index is 0.119. The highest BCUT2D eigenvalue weighted by Gasteiger charge is 2.08. The van der Waals surface area contributed by atoms with Crippen LogP contribution < -0.4 is 10.3 Å². The van der Waals surface area contributed by atoms with Crippen molar-refractivity contribution in [1.29, 1.82) is 0 Å². The van der Waals surface area contributed by atoms with Crippen molar-refractivity contribution in [2.45, 2.75) is 26.2 Å². The number of aromatic amines is 1. The van der Waals surface area contributed by atoms with Crippen LogP contribution in [0, 0.1) is 0 Å². The lowest BCUT2D eigenvalue weighted by molar-refractivity contribution is 0.414. The second-order valence-corrected chi connectivity index (χ2v) is 5.34. The molecule has 1 aromatic carbocycles. The van der Waals surface area contributed by atoms with Gasteiger partial charge in [-0.3, -0.25) is 4.79 Å². The number of hydrogen-bond acceptors (Lipinski definition) is 3. The highest BCUT2D eigenvalue weighted by Crippen LogP contribution is 2.15. The van der Waals surface area contributed by atoms with Gasteiger partial charge in [0.1, 0.15) is 16.0 Å². The number of nitrogens with one attached hydrogen (secondary N) is 1. The van der Waals surface area contributed by atoms with Crippen LogP contribution in [0.5, 0.6) is 5.75 Å². The number of hydrogen-bond donors (Lipinski definition) is 1. The Labute approximate surface area is 126 Å². The van der Waals surface area contributed by atoms with Crippen LogP contribution in [0.2, 0.25) is 0 Å². The van der Waals surface area contributed by atoms with Gasteiger partial charge in [0, 0.05) is 6.42 Å². The molecule has 5 heteroatoms. The van der Waals surface area contributed by atoms with Crippen molar-refractivity contribution in [3.8, 4) is 5.75 Å². The Morgan fingerprint density at radius 3 is 2.60 bits per heavy atom. The third-order valence-electron chi connectivity index (χ3n) is 3.00. The average molecular weight is 337 g/mol. The van der Waals surface area contributed by atoms with Crippen LogP contribution in [0.25, 0.3) is 0 Å². The SMILES string of the molecule is CCCc1nc(Cc2ccc(OC)cc2)[nH]c(=O)c1Br. The van der Waals surface area contributed by atoms with E-state index in [2.05, 4.69) is 32.8 Å². The van der Waals surface area contributed by atoms with Gasteiger partial charge in [-0.25, -0.2) is 4.98 Å². The summed E-state index contributed by atoms with van der Waals surface area (Å²) in [5, 5.41) is 0. The van der Waals surface area contributed by atoms with E-state index in [4.69, 9.17) is 4.74 Å². The molecule has 0 fully saturated rings. The van der Waals surface area contributed by atoms with E-state index in [0.29, 0.717) is 16.7 Å². The number of rotatable bonds is 5. The topological polar surface area (TPSA) is 55.0 Å². The Bertz CT molecular complexity index is 635. The lowest BCUT2D eigenvalue weighted by atomic mass is 10.1. The van der Waals surface area contributed by atoms with E-state index in [9.17, 15) is 4.79 Å². The Balaban J connectivity index is 2.26. The lowest BCUT2D eigenvalue weighted by Crippen LogP contribution is -2.16. The zero-order valence-corrected chi connectivity index (χ0v) is 13.2. The zero-order valence-electron chi connectivity index (χ0n) is 11.6.